The molecule has 1 aliphatic rings. The fourth-order valence-electron chi connectivity index (χ4n) is 2.72. The second-order valence-corrected chi connectivity index (χ2v) is 6.96. The van der Waals surface area contributed by atoms with Gasteiger partial charge in [-0.2, -0.15) is 0 Å². The van der Waals surface area contributed by atoms with Crippen LogP contribution in [0.3, 0.4) is 0 Å². The Morgan fingerprint density at radius 2 is 2.04 bits per heavy atom. The van der Waals surface area contributed by atoms with Gasteiger partial charge in [0.1, 0.15) is 5.60 Å². The van der Waals surface area contributed by atoms with Crippen LogP contribution in [0.4, 0.5) is 4.79 Å². The molecule has 128 valence electrons. The van der Waals surface area contributed by atoms with Crippen LogP contribution >= 0.6 is 0 Å². The van der Waals surface area contributed by atoms with E-state index in [1.54, 1.807) is 0 Å². The summed E-state index contributed by atoms with van der Waals surface area (Å²) in [7, 11) is 0. The minimum absolute atomic E-state index is 0.131. The molecule has 23 heavy (non-hydrogen) atoms. The molecule has 1 unspecified atom stereocenters. The number of aryl methyl sites for hydroxylation is 1. The Kier molecular flexibility index (Phi) is 6.02. The van der Waals surface area contributed by atoms with Gasteiger partial charge in [0, 0.05) is 19.6 Å². The molecular weight excluding hydrogens is 292 g/mol. The summed E-state index contributed by atoms with van der Waals surface area (Å²) in [6.45, 7) is 11.4. The Morgan fingerprint density at radius 1 is 1.35 bits per heavy atom. The molecule has 2 rings (SSSR count). The molecule has 1 atom stereocenters. The number of alkyl carbamates (subject to hydrolysis) is 1. The van der Waals surface area contributed by atoms with Gasteiger partial charge >= 0.3 is 6.09 Å². The zero-order valence-electron chi connectivity index (χ0n) is 14.6. The lowest BCUT2D eigenvalue weighted by atomic mass is 10.0. The van der Waals surface area contributed by atoms with Crippen molar-refractivity contribution in [2.24, 2.45) is 0 Å². The van der Waals surface area contributed by atoms with Crippen LogP contribution in [0.5, 0.6) is 0 Å². The summed E-state index contributed by atoms with van der Waals surface area (Å²) in [4.78, 5) is 14.3. The van der Waals surface area contributed by atoms with Gasteiger partial charge in [0.2, 0.25) is 0 Å². The second kappa shape index (κ2) is 7.79. The summed E-state index contributed by atoms with van der Waals surface area (Å²) >= 11 is 0. The molecule has 1 aromatic carbocycles. The van der Waals surface area contributed by atoms with Gasteiger partial charge in [0.25, 0.3) is 0 Å². The van der Waals surface area contributed by atoms with Crippen molar-refractivity contribution in [3.63, 3.8) is 0 Å². The van der Waals surface area contributed by atoms with Crippen molar-refractivity contribution in [3.8, 4) is 0 Å². The SMILES string of the molecule is Cc1cccc(C(CNC(=O)OC(C)(C)C)N2CCOCC2)c1. The molecule has 0 radical (unpaired) electrons. The number of nitrogens with one attached hydrogen (secondary N) is 1. The maximum absolute atomic E-state index is 12.0. The Balaban J connectivity index is 2.06. The molecule has 5 heteroatoms. The molecule has 0 saturated carbocycles. The van der Waals surface area contributed by atoms with Crippen molar-refractivity contribution in [1.29, 1.82) is 0 Å². The fourth-order valence-corrected chi connectivity index (χ4v) is 2.72. The number of nitrogens with zero attached hydrogens (tertiary/aromatic N) is 1. The highest BCUT2D eigenvalue weighted by Gasteiger charge is 2.24. The van der Waals surface area contributed by atoms with Crippen molar-refractivity contribution in [1.82, 2.24) is 10.2 Å². The average Bonchev–Trinajstić information content (AvgIpc) is 2.47. The van der Waals surface area contributed by atoms with E-state index in [-0.39, 0.29) is 12.1 Å². The number of rotatable bonds is 4. The molecule has 0 aliphatic carbocycles. The van der Waals surface area contributed by atoms with E-state index in [0.717, 1.165) is 26.3 Å². The monoisotopic (exact) mass is 320 g/mol. The van der Waals surface area contributed by atoms with Gasteiger partial charge in [-0.05, 0) is 33.3 Å². The number of morpholine rings is 1. The Morgan fingerprint density at radius 3 is 2.65 bits per heavy atom. The molecule has 1 aliphatic heterocycles. The van der Waals surface area contributed by atoms with E-state index in [1.165, 1.54) is 11.1 Å². The number of benzene rings is 1. The molecule has 1 saturated heterocycles. The van der Waals surface area contributed by atoms with Crippen molar-refractivity contribution in [2.45, 2.75) is 39.3 Å². The van der Waals surface area contributed by atoms with Crippen molar-refractivity contribution < 1.29 is 14.3 Å². The van der Waals surface area contributed by atoms with E-state index in [0.29, 0.717) is 6.54 Å². The summed E-state index contributed by atoms with van der Waals surface area (Å²) in [5.74, 6) is 0. The molecule has 1 amide bonds. The highest BCUT2D eigenvalue weighted by molar-refractivity contribution is 5.67. The fraction of sp³-hybridized carbons (Fsp3) is 0.611. The van der Waals surface area contributed by atoms with Crippen LogP contribution in [-0.4, -0.2) is 49.4 Å². The van der Waals surface area contributed by atoms with Gasteiger partial charge in [0.05, 0.1) is 19.3 Å². The van der Waals surface area contributed by atoms with Gasteiger partial charge in [0.15, 0.2) is 0 Å². The molecule has 0 aromatic heterocycles. The molecule has 0 bridgehead atoms. The minimum atomic E-state index is -0.484. The normalized spacial score (nSPS) is 17.6. The highest BCUT2D eigenvalue weighted by Crippen LogP contribution is 2.22. The first-order valence-corrected chi connectivity index (χ1v) is 8.20. The van der Waals surface area contributed by atoms with Crippen LogP contribution in [-0.2, 0) is 9.47 Å². The maximum atomic E-state index is 12.0. The van der Waals surface area contributed by atoms with Gasteiger partial charge in [-0.3, -0.25) is 4.90 Å². The second-order valence-electron chi connectivity index (χ2n) is 6.96. The zero-order chi connectivity index (χ0) is 16.9. The van der Waals surface area contributed by atoms with Crippen LogP contribution in [0.15, 0.2) is 24.3 Å². The predicted octanol–water partition coefficient (Wildman–Crippen LogP) is 2.89. The third-order valence-electron chi connectivity index (χ3n) is 3.75. The number of carbonyl (C=O) groups excluding carboxylic acids is 1. The first-order valence-electron chi connectivity index (χ1n) is 8.20. The maximum Gasteiger partial charge on any atom is 0.407 e. The van der Waals surface area contributed by atoms with E-state index in [1.807, 2.05) is 20.8 Å². The van der Waals surface area contributed by atoms with E-state index in [9.17, 15) is 4.79 Å². The van der Waals surface area contributed by atoms with Crippen LogP contribution in [0.2, 0.25) is 0 Å². The van der Waals surface area contributed by atoms with Crippen LogP contribution in [0.25, 0.3) is 0 Å². The molecular formula is C18H28N2O3. The summed E-state index contributed by atoms with van der Waals surface area (Å²) in [5, 5.41) is 2.91. The topological polar surface area (TPSA) is 50.8 Å². The minimum Gasteiger partial charge on any atom is -0.444 e. The molecule has 1 fully saturated rings. The summed E-state index contributed by atoms with van der Waals surface area (Å²) in [5.41, 5.74) is 1.95. The van der Waals surface area contributed by atoms with Gasteiger partial charge in [-0.1, -0.05) is 29.8 Å². The first-order chi connectivity index (χ1) is 10.8. The molecule has 5 nitrogen and oxygen atoms in total. The molecule has 1 N–H and O–H groups in total. The average molecular weight is 320 g/mol. The zero-order valence-corrected chi connectivity index (χ0v) is 14.6. The molecule has 1 aromatic rings. The molecule has 1 heterocycles. The van der Waals surface area contributed by atoms with E-state index in [4.69, 9.17) is 9.47 Å². The van der Waals surface area contributed by atoms with Crippen molar-refractivity contribution in [3.05, 3.63) is 35.4 Å². The number of hydrogen-bond donors (Lipinski definition) is 1. The Hall–Kier alpha value is -1.59. The molecule has 0 spiro atoms. The largest absolute Gasteiger partial charge is 0.444 e. The summed E-state index contributed by atoms with van der Waals surface area (Å²) in [6.07, 6.45) is -0.372. The van der Waals surface area contributed by atoms with E-state index in [2.05, 4.69) is 41.4 Å². The van der Waals surface area contributed by atoms with Gasteiger partial charge < -0.3 is 14.8 Å². The van der Waals surface area contributed by atoms with Gasteiger partial charge in [-0.25, -0.2) is 4.79 Å². The standard InChI is InChI=1S/C18H28N2O3/c1-14-6-5-7-15(12-14)16(20-8-10-22-11-9-20)13-19-17(21)23-18(2,3)4/h5-7,12,16H,8-11,13H2,1-4H3,(H,19,21). The highest BCUT2D eigenvalue weighted by atomic mass is 16.6. The number of hydrogen-bond acceptors (Lipinski definition) is 4. The Labute approximate surface area is 139 Å². The van der Waals surface area contributed by atoms with Crippen LogP contribution in [0, 0.1) is 6.92 Å². The Bertz CT molecular complexity index is 519. The predicted molar refractivity (Wildman–Crippen MR) is 90.5 cm³/mol. The summed E-state index contributed by atoms with van der Waals surface area (Å²) < 4.78 is 10.8. The van der Waals surface area contributed by atoms with Crippen LogP contribution in [0.1, 0.15) is 37.9 Å². The van der Waals surface area contributed by atoms with Gasteiger partial charge in [-0.15, -0.1) is 0 Å². The number of carbonyl (C=O) groups is 1. The van der Waals surface area contributed by atoms with Crippen molar-refractivity contribution in [2.75, 3.05) is 32.8 Å². The lowest BCUT2D eigenvalue weighted by Gasteiger charge is -2.35. The first kappa shape index (κ1) is 17.8. The number of amides is 1. The van der Waals surface area contributed by atoms with Crippen molar-refractivity contribution >= 4 is 6.09 Å². The summed E-state index contributed by atoms with van der Waals surface area (Å²) in [6, 6.07) is 8.57. The third-order valence-corrected chi connectivity index (χ3v) is 3.75. The van der Waals surface area contributed by atoms with E-state index >= 15 is 0 Å². The smallest absolute Gasteiger partial charge is 0.407 e. The lowest BCUT2D eigenvalue weighted by Crippen LogP contribution is -2.44. The number of ether oxygens (including phenoxy) is 2. The van der Waals surface area contributed by atoms with E-state index < -0.39 is 5.60 Å². The van der Waals surface area contributed by atoms with Crippen LogP contribution < -0.4 is 5.32 Å². The quantitative estimate of drug-likeness (QED) is 0.927. The third kappa shape index (κ3) is 5.84. The lowest BCUT2D eigenvalue weighted by molar-refractivity contribution is 0.0140.